The summed E-state index contributed by atoms with van der Waals surface area (Å²) in [7, 11) is 0. The first-order chi connectivity index (χ1) is 9.90. The minimum Gasteiger partial charge on any atom is -0.313 e. The Morgan fingerprint density at radius 1 is 0.750 bits per heavy atom. The second kappa shape index (κ2) is 5.89. The quantitative estimate of drug-likeness (QED) is 0.722. The highest BCUT2D eigenvalue weighted by Gasteiger charge is 2.07. The Morgan fingerprint density at radius 2 is 1.45 bits per heavy atom. The van der Waals surface area contributed by atoms with Gasteiger partial charge in [-0.05, 0) is 34.0 Å². The number of rotatable bonds is 4. The summed E-state index contributed by atoms with van der Waals surface area (Å²) in [5.41, 5.74) is 3.99. The summed E-state index contributed by atoms with van der Waals surface area (Å²) in [4.78, 5) is 0. The van der Waals surface area contributed by atoms with E-state index in [1.807, 2.05) is 0 Å². The van der Waals surface area contributed by atoms with Crippen LogP contribution in [-0.2, 0) is 6.54 Å². The number of fused-ring (bicyclic) bond motifs is 1. The lowest BCUT2D eigenvalue weighted by Crippen LogP contribution is -2.12. The van der Waals surface area contributed by atoms with E-state index in [2.05, 4.69) is 79.0 Å². The summed E-state index contributed by atoms with van der Waals surface area (Å²) in [6.07, 6.45) is 0. The van der Waals surface area contributed by atoms with E-state index in [1.165, 1.54) is 27.5 Å². The van der Waals surface area contributed by atoms with Crippen molar-refractivity contribution in [2.75, 3.05) is 6.54 Å². The van der Waals surface area contributed by atoms with Gasteiger partial charge < -0.3 is 5.32 Å². The first kappa shape index (κ1) is 12.9. The van der Waals surface area contributed by atoms with Crippen LogP contribution in [0, 0.1) is 0 Å². The third-order valence-electron chi connectivity index (χ3n) is 3.66. The van der Waals surface area contributed by atoms with Gasteiger partial charge in [0.25, 0.3) is 0 Å². The molecule has 0 saturated heterocycles. The second-order valence-electron chi connectivity index (χ2n) is 4.96. The van der Waals surface area contributed by atoms with Crippen LogP contribution in [0.2, 0.25) is 0 Å². The maximum absolute atomic E-state index is 3.42. The summed E-state index contributed by atoms with van der Waals surface area (Å²) < 4.78 is 0. The van der Waals surface area contributed by atoms with E-state index in [9.17, 15) is 0 Å². The van der Waals surface area contributed by atoms with Gasteiger partial charge in [0.15, 0.2) is 0 Å². The molecule has 3 rings (SSSR count). The molecule has 0 unspecified atom stereocenters. The molecule has 0 aliphatic heterocycles. The van der Waals surface area contributed by atoms with Gasteiger partial charge in [0.1, 0.15) is 0 Å². The maximum Gasteiger partial charge on any atom is 0.0211 e. The van der Waals surface area contributed by atoms with Crippen LogP contribution in [0.1, 0.15) is 12.5 Å². The number of hydrogen-bond acceptors (Lipinski definition) is 1. The fourth-order valence-electron chi connectivity index (χ4n) is 2.66. The molecule has 0 fully saturated rings. The van der Waals surface area contributed by atoms with Crippen molar-refractivity contribution in [3.05, 3.63) is 72.3 Å². The molecular weight excluding hydrogens is 242 g/mol. The third-order valence-corrected chi connectivity index (χ3v) is 3.66. The molecule has 1 nitrogen and oxygen atoms in total. The lowest BCUT2D eigenvalue weighted by molar-refractivity contribution is 0.728. The zero-order valence-electron chi connectivity index (χ0n) is 11.8. The number of hydrogen-bond donors (Lipinski definition) is 1. The molecule has 20 heavy (non-hydrogen) atoms. The molecule has 0 heterocycles. The molecule has 0 aromatic heterocycles. The van der Waals surface area contributed by atoms with Crippen molar-refractivity contribution in [3.63, 3.8) is 0 Å². The van der Waals surface area contributed by atoms with Crippen LogP contribution in [0.25, 0.3) is 21.9 Å². The van der Waals surface area contributed by atoms with Crippen molar-refractivity contribution in [1.82, 2.24) is 5.32 Å². The molecule has 0 amide bonds. The Hall–Kier alpha value is -2.12. The van der Waals surface area contributed by atoms with Crippen molar-refractivity contribution in [2.45, 2.75) is 13.5 Å². The molecule has 0 spiro atoms. The predicted molar refractivity (Wildman–Crippen MR) is 86.8 cm³/mol. The van der Waals surface area contributed by atoms with Crippen molar-refractivity contribution < 1.29 is 0 Å². The summed E-state index contributed by atoms with van der Waals surface area (Å²) in [6, 6.07) is 23.8. The van der Waals surface area contributed by atoms with Crippen LogP contribution in [-0.4, -0.2) is 6.54 Å². The van der Waals surface area contributed by atoms with Gasteiger partial charge in [-0.2, -0.15) is 0 Å². The summed E-state index contributed by atoms with van der Waals surface area (Å²) in [6.45, 7) is 4.04. The molecule has 3 aromatic rings. The number of benzene rings is 3. The van der Waals surface area contributed by atoms with Gasteiger partial charge >= 0.3 is 0 Å². The largest absolute Gasteiger partial charge is 0.313 e. The Balaban J connectivity index is 2.16. The molecule has 0 aliphatic rings. The molecule has 0 bridgehead atoms. The fourth-order valence-corrected chi connectivity index (χ4v) is 2.66. The van der Waals surface area contributed by atoms with E-state index in [0.717, 1.165) is 13.1 Å². The maximum atomic E-state index is 3.42. The minimum atomic E-state index is 0.913. The van der Waals surface area contributed by atoms with E-state index < -0.39 is 0 Å². The van der Waals surface area contributed by atoms with Crippen LogP contribution < -0.4 is 5.32 Å². The zero-order chi connectivity index (χ0) is 13.8. The average molecular weight is 261 g/mol. The average Bonchev–Trinajstić information content (AvgIpc) is 2.53. The van der Waals surface area contributed by atoms with Gasteiger partial charge in [0, 0.05) is 6.54 Å². The van der Waals surface area contributed by atoms with Crippen LogP contribution in [0.3, 0.4) is 0 Å². The zero-order valence-corrected chi connectivity index (χ0v) is 11.8. The van der Waals surface area contributed by atoms with Crippen molar-refractivity contribution in [1.29, 1.82) is 0 Å². The normalized spacial score (nSPS) is 10.8. The number of nitrogens with one attached hydrogen (secondary N) is 1. The molecule has 0 radical (unpaired) electrons. The molecule has 100 valence electrons. The van der Waals surface area contributed by atoms with Gasteiger partial charge in [0.2, 0.25) is 0 Å². The monoisotopic (exact) mass is 261 g/mol. The predicted octanol–water partition coefficient (Wildman–Crippen LogP) is 4.62. The molecule has 0 saturated carbocycles. The van der Waals surface area contributed by atoms with E-state index in [1.54, 1.807) is 0 Å². The van der Waals surface area contributed by atoms with Crippen molar-refractivity contribution in [3.8, 4) is 11.1 Å². The highest BCUT2D eigenvalue weighted by molar-refractivity contribution is 5.97. The fraction of sp³-hybridized carbons (Fsp3) is 0.158. The van der Waals surface area contributed by atoms with Crippen molar-refractivity contribution in [2.24, 2.45) is 0 Å². The van der Waals surface area contributed by atoms with Gasteiger partial charge in [0.05, 0.1) is 0 Å². The highest BCUT2D eigenvalue weighted by Crippen LogP contribution is 2.30. The summed E-state index contributed by atoms with van der Waals surface area (Å²) >= 11 is 0. The Bertz CT molecular complexity index is 710. The molecule has 1 heteroatoms. The smallest absolute Gasteiger partial charge is 0.0211 e. The van der Waals surface area contributed by atoms with Crippen LogP contribution in [0.15, 0.2) is 66.7 Å². The lowest BCUT2D eigenvalue weighted by Gasteiger charge is -2.12. The van der Waals surface area contributed by atoms with Gasteiger partial charge in [-0.3, -0.25) is 0 Å². The van der Waals surface area contributed by atoms with Gasteiger partial charge in [-0.15, -0.1) is 0 Å². The molecule has 0 atom stereocenters. The Morgan fingerprint density at radius 3 is 2.35 bits per heavy atom. The first-order valence-electron chi connectivity index (χ1n) is 7.17. The van der Waals surface area contributed by atoms with Crippen LogP contribution in [0.4, 0.5) is 0 Å². The van der Waals surface area contributed by atoms with E-state index in [0.29, 0.717) is 0 Å². The minimum absolute atomic E-state index is 0.913. The van der Waals surface area contributed by atoms with Crippen molar-refractivity contribution >= 4 is 10.8 Å². The SMILES string of the molecule is CCNCc1ccccc1-c1cccc2ccccc12. The lowest BCUT2D eigenvalue weighted by atomic mass is 9.94. The topological polar surface area (TPSA) is 12.0 Å². The first-order valence-corrected chi connectivity index (χ1v) is 7.17. The van der Waals surface area contributed by atoms with E-state index >= 15 is 0 Å². The second-order valence-corrected chi connectivity index (χ2v) is 4.96. The standard InChI is InChI=1S/C19H19N/c1-2-20-14-16-9-4-6-12-18(16)19-13-7-10-15-8-3-5-11-17(15)19/h3-13,20H,2,14H2,1H3. The molecule has 0 aliphatic carbocycles. The van der Waals surface area contributed by atoms with Crippen LogP contribution in [0.5, 0.6) is 0 Å². The van der Waals surface area contributed by atoms with Gasteiger partial charge in [-0.25, -0.2) is 0 Å². The summed E-state index contributed by atoms with van der Waals surface area (Å²) in [5, 5.41) is 6.04. The molecular formula is C19H19N. The Kier molecular flexibility index (Phi) is 3.80. The molecule has 1 N–H and O–H groups in total. The Labute approximate surface area is 120 Å². The summed E-state index contributed by atoms with van der Waals surface area (Å²) in [5.74, 6) is 0. The van der Waals surface area contributed by atoms with Gasteiger partial charge in [-0.1, -0.05) is 73.7 Å². The third kappa shape index (κ3) is 2.45. The van der Waals surface area contributed by atoms with Crippen LogP contribution >= 0.6 is 0 Å². The highest BCUT2D eigenvalue weighted by atomic mass is 14.8. The molecule has 3 aromatic carbocycles. The van der Waals surface area contributed by atoms with E-state index in [4.69, 9.17) is 0 Å². The van der Waals surface area contributed by atoms with E-state index in [-0.39, 0.29) is 0 Å².